The average Bonchev–Trinajstić information content (AvgIpc) is 2.89. The minimum absolute atomic E-state index is 0.303. The molecule has 0 spiro atoms. The standard InChI is InChI=1S/C18H20N2O3/c21-16-10-6-9-15-18(16)13-7-3-4-8-14(13)20(15)12-5-1-2-11-17(22)19-23/h3-4,6-10,21,23H,1-2,5,11-12H2,(H,19,22). The Kier molecular flexibility index (Phi) is 4.48. The molecule has 1 aromatic heterocycles. The second-order valence-electron chi connectivity index (χ2n) is 5.69. The lowest BCUT2D eigenvalue weighted by Gasteiger charge is -2.07. The fraction of sp³-hybridized carbons (Fsp3) is 0.278. The summed E-state index contributed by atoms with van der Waals surface area (Å²) in [5.74, 6) is -0.0381. The number of benzene rings is 2. The molecule has 0 aliphatic carbocycles. The smallest absolute Gasteiger partial charge is 0.243 e. The zero-order valence-electron chi connectivity index (χ0n) is 12.8. The number of fused-ring (bicyclic) bond motifs is 3. The normalized spacial score (nSPS) is 11.2. The van der Waals surface area contributed by atoms with Crippen LogP contribution < -0.4 is 5.48 Å². The van der Waals surface area contributed by atoms with E-state index in [9.17, 15) is 9.90 Å². The zero-order chi connectivity index (χ0) is 16.2. The van der Waals surface area contributed by atoms with Crippen LogP contribution in [0.4, 0.5) is 0 Å². The highest BCUT2D eigenvalue weighted by molar-refractivity contribution is 6.11. The molecule has 120 valence electrons. The molecule has 1 amide bonds. The van der Waals surface area contributed by atoms with Gasteiger partial charge < -0.3 is 9.67 Å². The molecule has 0 bridgehead atoms. The maximum Gasteiger partial charge on any atom is 0.243 e. The Morgan fingerprint density at radius 2 is 1.78 bits per heavy atom. The van der Waals surface area contributed by atoms with Gasteiger partial charge in [-0.3, -0.25) is 10.0 Å². The van der Waals surface area contributed by atoms with Crippen LogP contribution in [0.3, 0.4) is 0 Å². The van der Waals surface area contributed by atoms with E-state index in [4.69, 9.17) is 5.21 Å². The van der Waals surface area contributed by atoms with Gasteiger partial charge in [0.2, 0.25) is 5.91 Å². The van der Waals surface area contributed by atoms with Crippen LogP contribution in [0.5, 0.6) is 5.75 Å². The lowest BCUT2D eigenvalue weighted by Crippen LogP contribution is -2.17. The molecule has 1 heterocycles. The molecule has 0 fully saturated rings. The van der Waals surface area contributed by atoms with Crippen molar-refractivity contribution >= 4 is 27.7 Å². The van der Waals surface area contributed by atoms with Crippen LogP contribution in [0.2, 0.25) is 0 Å². The lowest BCUT2D eigenvalue weighted by molar-refractivity contribution is -0.129. The number of rotatable bonds is 6. The van der Waals surface area contributed by atoms with E-state index in [2.05, 4.69) is 10.6 Å². The van der Waals surface area contributed by atoms with Crippen molar-refractivity contribution in [3.05, 3.63) is 42.5 Å². The fourth-order valence-corrected chi connectivity index (χ4v) is 3.11. The van der Waals surface area contributed by atoms with Gasteiger partial charge in [0.15, 0.2) is 0 Å². The number of phenolic OH excluding ortho intramolecular Hbond substituents is 1. The van der Waals surface area contributed by atoms with Gasteiger partial charge in [-0.1, -0.05) is 30.7 Å². The predicted molar refractivity (Wildman–Crippen MR) is 89.5 cm³/mol. The summed E-state index contributed by atoms with van der Waals surface area (Å²) in [6, 6.07) is 13.7. The number of hydroxylamine groups is 1. The van der Waals surface area contributed by atoms with Crippen LogP contribution >= 0.6 is 0 Å². The minimum Gasteiger partial charge on any atom is -0.507 e. The van der Waals surface area contributed by atoms with Gasteiger partial charge in [0, 0.05) is 29.3 Å². The van der Waals surface area contributed by atoms with Crippen molar-refractivity contribution in [3.8, 4) is 5.75 Å². The van der Waals surface area contributed by atoms with Crippen molar-refractivity contribution in [1.29, 1.82) is 0 Å². The molecular weight excluding hydrogens is 292 g/mol. The number of aromatic hydroxyl groups is 1. The Morgan fingerprint density at radius 3 is 2.61 bits per heavy atom. The molecule has 0 aliphatic heterocycles. The van der Waals surface area contributed by atoms with E-state index in [1.54, 1.807) is 11.5 Å². The number of amides is 1. The molecule has 0 radical (unpaired) electrons. The van der Waals surface area contributed by atoms with Gasteiger partial charge in [-0.15, -0.1) is 0 Å². The monoisotopic (exact) mass is 312 g/mol. The summed E-state index contributed by atoms with van der Waals surface area (Å²) in [6.07, 6.45) is 2.92. The number of aromatic nitrogens is 1. The van der Waals surface area contributed by atoms with E-state index in [1.165, 1.54) is 0 Å². The number of nitrogens with one attached hydrogen (secondary N) is 1. The van der Waals surface area contributed by atoms with E-state index < -0.39 is 0 Å². The van der Waals surface area contributed by atoms with Crippen LogP contribution in [-0.2, 0) is 11.3 Å². The SMILES string of the molecule is O=C(CCCCCn1c2ccccc2c2c(O)cccc21)NO. The minimum atomic E-state index is -0.341. The maximum absolute atomic E-state index is 11.0. The predicted octanol–water partition coefficient (Wildman–Crippen LogP) is 3.57. The third-order valence-corrected chi connectivity index (χ3v) is 4.19. The van der Waals surface area contributed by atoms with E-state index in [1.807, 2.05) is 30.3 Å². The summed E-state index contributed by atoms with van der Waals surface area (Å²) in [7, 11) is 0. The quantitative estimate of drug-likeness (QED) is 0.370. The zero-order valence-corrected chi connectivity index (χ0v) is 12.8. The van der Waals surface area contributed by atoms with Crippen LogP contribution in [0, 0.1) is 0 Å². The first-order valence-corrected chi connectivity index (χ1v) is 7.84. The number of unbranched alkanes of at least 4 members (excludes halogenated alkanes) is 2. The molecule has 3 rings (SSSR count). The maximum atomic E-state index is 11.0. The first kappa shape index (κ1) is 15.4. The highest BCUT2D eigenvalue weighted by atomic mass is 16.5. The van der Waals surface area contributed by atoms with E-state index in [-0.39, 0.29) is 5.91 Å². The van der Waals surface area contributed by atoms with Crippen molar-refractivity contribution < 1.29 is 15.1 Å². The van der Waals surface area contributed by atoms with Crippen LogP contribution in [0.1, 0.15) is 25.7 Å². The molecule has 3 N–H and O–H groups in total. The number of carbonyl (C=O) groups is 1. The number of aryl methyl sites for hydroxylation is 1. The summed E-state index contributed by atoms with van der Waals surface area (Å²) >= 11 is 0. The molecule has 0 saturated carbocycles. The van der Waals surface area contributed by atoms with E-state index in [0.717, 1.165) is 47.6 Å². The Morgan fingerprint density at radius 1 is 1.00 bits per heavy atom. The topological polar surface area (TPSA) is 74.5 Å². The molecular formula is C18H20N2O3. The average molecular weight is 312 g/mol. The second kappa shape index (κ2) is 6.71. The van der Waals surface area contributed by atoms with Gasteiger partial charge >= 0.3 is 0 Å². The molecule has 0 aliphatic rings. The number of carbonyl (C=O) groups excluding carboxylic acids is 1. The van der Waals surface area contributed by atoms with Crippen LogP contribution in [0.25, 0.3) is 21.8 Å². The van der Waals surface area contributed by atoms with Crippen molar-refractivity contribution in [2.24, 2.45) is 0 Å². The Labute approximate surface area is 134 Å². The summed E-state index contributed by atoms with van der Waals surface area (Å²) < 4.78 is 2.22. The Hall–Kier alpha value is -2.53. The van der Waals surface area contributed by atoms with Gasteiger partial charge in [-0.25, -0.2) is 5.48 Å². The second-order valence-corrected chi connectivity index (χ2v) is 5.69. The van der Waals surface area contributed by atoms with Crippen molar-refractivity contribution in [2.75, 3.05) is 0 Å². The molecule has 0 unspecified atom stereocenters. The molecule has 23 heavy (non-hydrogen) atoms. The van der Waals surface area contributed by atoms with Crippen LogP contribution in [0.15, 0.2) is 42.5 Å². The van der Waals surface area contributed by atoms with E-state index >= 15 is 0 Å². The van der Waals surface area contributed by atoms with Crippen molar-refractivity contribution in [1.82, 2.24) is 10.0 Å². The molecule has 3 aromatic rings. The highest BCUT2D eigenvalue weighted by Crippen LogP contribution is 2.35. The third-order valence-electron chi connectivity index (χ3n) is 4.19. The first-order valence-electron chi connectivity index (χ1n) is 7.84. The summed E-state index contributed by atoms with van der Waals surface area (Å²) in [5, 5.41) is 20.6. The molecule has 5 nitrogen and oxygen atoms in total. The molecule has 2 aromatic carbocycles. The highest BCUT2D eigenvalue weighted by Gasteiger charge is 2.12. The third kappa shape index (κ3) is 3.00. The first-order chi connectivity index (χ1) is 11.2. The van der Waals surface area contributed by atoms with Crippen molar-refractivity contribution in [2.45, 2.75) is 32.2 Å². The van der Waals surface area contributed by atoms with Gasteiger partial charge in [0.1, 0.15) is 5.75 Å². The summed E-state index contributed by atoms with van der Waals surface area (Å²) in [4.78, 5) is 11.0. The number of para-hydroxylation sites is 1. The van der Waals surface area contributed by atoms with E-state index in [0.29, 0.717) is 12.2 Å². The number of nitrogens with zero attached hydrogens (tertiary/aromatic N) is 1. The van der Waals surface area contributed by atoms with Gasteiger partial charge in [-0.2, -0.15) is 0 Å². The number of hydrogen-bond acceptors (Lipinski definition) is 3. The fourth-order valence-electron chi connectivity index (χ4n) is 3.11. The number of hydrogen-bond donors (Lipinski definition) is 3. The van der Waals surface area contributed by atoms with Gasteiger partial charge in [0.05, 0.1) is 5.52 Å². The lowest BCUT2D eigenvalue weighted by atomic mass is 10.1. The largest absolute Gasteiger partial charge is 0.507 e. The summed E-state index contributed by atoms with van der Waals surface area (Å²) in [6.45, 7) is 0.828. The van der Waals surface area contributed by atoms with Gasteiger partial charge in [0.25, 0.3) is 0 Å². The van der Waals surface area contributed by atoms with Crippen LogP contribution in [-0.4, -0.2) is 20.8 Å². The number of phenols is 1. The Balaban J connectivity index is 1.82. The molecule has 5 heteroatoms. The van der Waals surface area contributed by atoms with Gasteiger partial charge in [-0.05, 0) is 31.0 Å². The summed E-state index contributed by atoms with van der Waals surface area (Å²) in [5.41, 5.74) is 3.79. The molecule has 0 saturated heterocycles. The van der Waals surface area contributed by atoms with Crippen molar-refractivity contribution in [3.63, 3.8) is 0 Å². The Bertz CT molecular complexity index is 839. The molecule has 0 atom stereocenters.